The van der Waals surface area contributed by atoms with Crippen LogP contribution in [0.4, 0.5) is 15.6 Å². The molecule has 0 aliphatic carbocycles. The SMILES string of the molecule is O=C(Nc1ccc(Cl)c(Cl)c1)Nc1ncc(-c2cc(C(=O)NCCN3CCOCC3)c3cn[nH]c3n2)s1. The number of benzene rings is 1. The molecular formula is C23H22Cl2N8O3S. The summed E-state index contributed by atoms with van der Waals surface area (Å²) in [5.74, 6) is -0.216. The van der Waals surface area contributed by atoms with Gasteiger partial charge in [0.2, 0.25) is 0 Å². The first kappa shape index (κ1) is 25.4. The van der Waals surface area contributed by atoms with Gasteiger partial charge >= 0.3 is 6.03 Å². The number of pyridine rings is 1. The summed E-state index contributed by atoms with van der Waals surface area (Å²) < 4.78 is 5.36. The van der Waals surface area contributed by atoms with Crippen molar-refractivity contribution in [1.82, 2.24) is 30.4 Å². The Labute approximate surface area is 225 Å². The lowest BCUT2D eigenvalue weighted by molar-refractivity contribution is 0.0383. The van der Waals surface area contributed by atoms with Crippen molar-refractivity contribution in [3.63, 3.8) is 0 Å². The van der Waals surface area contributed by atoms with E-state index in [1.54, 1.807) is 36.7 Å². The van der Waals surface area contributed by atoms with Crippen LogP contribution < -0.4 is 16.0 Å². The summed E-state index contributed by atoms with van der Waals surface area (Å²) in [6, 6.07) is 5.99. The molecule has 3 aromatic heterocycles. The van der Waals surface area contributed by atoms with Crippen molar-refractivity contribution in [2.45, 2.75) is 0 Å². The first-order chi connectivity index (χ1) is 18.0. The number of fused-ring (bicyclic) bond motifs is 1. The van der Waals surface area contributed by atoms with Crippen molar-refractivity contribution < 1.29 is 14.3 Å². The molecule has 11 nitrogen and oxygen atoms in total. The molecule has 1 aromatic carbocycles. The fourth-order valence-electron chi connectivity index (χ4n) is 3.77. The molecule has 4 N–H and O–H groups in total. The van der Waals surface area contributed by atoms with Crippen LogP contribution in [0.2, 0.25) is 10.0 Å². The molecule has 1 aliphatic rings. The number of carbonyl (C=O) groups excluding carboxylic acids is 2. The standard InChI is InChI=1S/C23H22Cl2N8O3S/c24-16-2-1-13(9-17(16)25)29-22(35)31-23-27-12-19(37-23)18-10-14(15-11-28-32-20(15)30-18)21(34)26-3-4-33-5-7-36-8-6-33/h1-2,9-12H,3-8H2,(H,26,34)(H,28,30,32)(H2,27,29,31,35). The number of ether oxygens (including phenoxy) is 1. The van der Waals surface area contributed by atoms with E-state index in [1.165, 1.54) is 11.3 Å². The van der Waals surface area contributed by atoms with Gasteiger partial charge in [0.15, 0.2) is 10.8 Å². The highest BCUT2D eigenvalue weighted by Gasteiger charge is 2.18. The predicted molar refractivity (Wildman–Crippen MR) is 144 cm³/mol. The summed E-state index contributed by atoms with van der Waals surface area (Å²) in [6.07, 6.45) is 3.17. The Morgan fingerprint density at radius 2 is 1.95 bits per heavy atom. The molecule has 0 saturated carbocycles. The predicted octanol–water partition coefficient (Wildman–Crippen LogP) is 4.09. The average molecular weight is 561 g/mol. The second-order valence-corrected chi connectivity index (χ2v) is 9.98. The lowest BCUT2D eigenvalue weighted by Gasteiger charge is -2.26. The first-order valence-electron chi connectivity index (χ1n) is 11.4. The Morgan fingerprint density at radius 3 is 2.76 bits per heavy atom. The van der Waals surface area contributed by atoms with E-state index in [4.69, 9.17) is 27.9 Å². The van der Waals surface area contributed by atoms with Crippen LogP contribution in [0.5, 0.6) is 0 Å². The number of anilines is 2. The van der Waals surface area contributed by atoms with Gasteiger partial charge in [-0.25, -0.2) is 14.8 Å². The molecule has 0 atom stereocenters. The third-order valence-corrected chi connectivity index (χ3v) is 7.32. The molecular weight excluding hydrogens is 539 g/mol. The summed E-state index contributed by atoms with van der Waals surface area (Å²) in [5.41, 5.74) is 1.96. The third kappa shape index (κ3) is 6.17. The van der Waals surface area contributed by atoms with E-state index >= 15 is 0 Å². The van der Waals surface area contributed by atoms with Crippen molar-refractivity contribution in [3.8, 4) is 10.6 Å². The van der Waals surface area contributed by atoms with Crippen molar-refractivity contribution in [1.29, 1.82) is 0 Å². The number of thiazole rings is 1. The molecule has 1 aliphatic heterocycles. The molecule has 3 amide bonds. The minimum Gasteiger partial charge on any atom is -0.379 e. The highest BCUT2D eigenvalue weighted by Crippen LogP contribution is 2.31. The maximum atomic E-state index is 13.0. The van der Waals surface area contributed by atoms with Crippen LogP contribution in [-0.4, -0.2) is 76.4 Å². The molecule has 0 radical (unpaired) electrons. The second kappa shape index (κ2) is 11.4. The lowest BCUT2D eigenvalue weighted by atomic mass is 10.1. The minimum atomic E-state index is -0.489. The number of halogens is 2. The number of hydrogen-bond donors (Lipinski definition) is 4. The fourth-order valence-corrected chi connectivity index (χ4v) is 4.84. The first-order valence-corrected chi connectivity index (χ1v) is 13.0. The van der Waals surface area contributed by atoms with E-state index in [9.17, 15) is 9.59 Å². The average Bonchev–Trinajstić information content (AvgIpc) is 3.56. The number of nitrogens with zero attached hydrogens (tertiary/aromatic N) is 4. The Morgan fingerprint density at radius 1 is 1.11 bits per heavy atom. The molecule has 192 valence electrons. The van der Waals surface area contributed by atoms with Crippen molar-refractivity contribution in [3.05, 3.63) is 52.3 Å². The van der Waals surface area contributed by atoms with Crippen molar-refractivity contribution >= 4 is 68.3 Å². The van der Waals surface area contributed by atoms with E-state index in [0.717, 1.165) is 19.6 Å². The highest BCUT2D eigenvalue weighted by molar-refractivity contribution is 7.19. The Balaban J connectivity index is 1.27. The molecule has 37 heavy (non-hydrogen) atoms. The van der Waals surface area contributed by atoms with Crippen molar-refractivity contribution in [2.75, 3.05) is 50.0 Å². The number of amides is 3. The summed E-state index contributed by atoms with van der Waals surface area (Å²) in [7, 11) is 0. The number of rotatable bonds is 7. The van der Waals surface area contributed by atoms with Gasteiger partial charge in [0, 0.05) is 38.1 Å². The van der Waals surface area contributed by atoms with Crippen LogP contribution in [0.25, 0.3) is 21.6 Å². The monoisotopic (exact) mass is 560 g/mol. The normalized spacial score (nSPS) is 14.0. The summed E-state index contributed by atoms with van der Waals surface area (Å²) in [4.78, 5) is 37.2. The zero-order valence-corrected chi connectivity index (χ0v) is 21.7. The molecule has 0 spiro atoms. The number of urea groups is 1. The quantitative estimate of drug-likeness (QED) is 0.267. The zero-order valence-electron chi connectivity index (χ0n) is 19.4. The van der Waals surface area contributed by atoms with Crippen LogP contribution in [0, 0.1) is 0 Å². The summed E-state index contributed by atoms with van der Waals surface area (Å²) in [5, 5.41) is 16.9. The molecule has 4 heterocycles. The van der Waals surface area contributed by atoms with Crippen LogP contribution in [0.3, 0.4) is 0 Å². The number of aromatic amines is 1. The van der Waals surface area contributed by atoms with E-state index < -0.39 is 6.03 Å². The molecule has 4 aromatic rings. The molecule has 1 fully saturated rings. The second-order valence-electron chi connectivity index (χ2n) is 8.13. The molecule has 1 saturated heterocycles. The van der Waals surface area contributed by atoms with Gasteiger partial charge in [-0.2, -0.15) is 5.10 Å². The number of carbonyl (C=O) groups is 2. The fraction of sp³-hybridized carbons (Fsp3) is 0.261. The van der Waals surface area contributed by atoms with Gasteiger partial charge in [-0.15, -0.1) is 0 Å². The van der Waals surface area contributed by atoms with E-state index in [2.05, 4.69) is 41.0 Å². The lowest BCUT2D eigenvalue weighted by Crippen LogP contribution is -2.41. The number of morpholine rings is 1. The zero-order chi connectivity index (χ0) is 25.8. The smallest absolute Gasteiger partial charge is 0.325 e. The van der Waals surface area contributed by atoms with Crippen molar-refractivity contribution in [2.24, 2.45) is 0 Å². The Bertz CT molecular complexity index is 1440. The van der Waals surface area contributed by atoms with E-state index in [1.807, 2.05) is 0 Å². The molecule has 0 bridgehead atoms. The number of H-pyrrole nitrogens is 1. The van der Waals surface area contributed by atoms with Gasteiger partial charge in [-0.3, -0.25) is 20.1 Å². The van der Waals surface area contributed by atoms with Gasteiger partial charge in [-0.05, 0) is 24.3 Å². The van der Waals surface area contributed by atoms with E-state index in [0.29, 0.717) is 67.8 Å². The largest absolute Gasteiger partial charge is 0.379 e. The summed E-state index contributed by atoms with van der Waals surface area (Å²) >= 11 is 13.1. The van der Waals surface area contributed by atoms with E-state index in [-0.39, 0.29) is 5.91 Å². The number of aromatic nitrogens is 4. The Hall–Kier alpha value is -3.29. The van der Waals surface area contributed by atoms with Gasteiger partial charge < -0.3 is 15.4 Å². The van der Waals surface area contributed by atoms with Crippen LogP contribution >= 0.6 is 34.5 Å². The van der Waals surface area contributed by atoms with Crippen LogP contribution in [-0.2, 0) is 4.74 Å². The number of hydrogen-bond acceptors (Lipinski definition) is 8. The van der Waals surface area contributed by atoms with Crippen LogP contribution in [0.1, 0.15) is 10.4 Å². The minimum absolute atomic E-state index is 0.216. The van der Waals surface area contributed by atoms with Gasteiger partial charge in [-0.1, -0.05) is 34.5 Å². The summed E-state index contributed by atoms with van der Waals surface area (Å²) in [6.45, 7) is 4.39. The third-order valence-electron chi connectivity index (χ3n) is 5.64. The molecule has 0 unspecified atom stereocenters. The van der Waals surface area contributed by atoms with Gasteiger partial charge in [0.25, 0.3) is 5.91 Å². The number of nitrogens with one attached hydrogen (secondary N) is 4. The maximum Gasteiger partial charge on any atom is 0.325 e. The van der Waals surface area contributed by atoms with Gasteiger partial charge in [0.1, 0.15) is 0 Å². The van der Waals surface area contributed by atoms with Gasteiger partial charge in [0.05, 0.1) is 51.0 Å². The van der Waals surface area contributed by atoms with Crippen LogP contribution in [0.15, 0.2) is 36.7 Å². The highest BCUT2D eigenvalue weighted by atomic mass is 35.5. The molecule has 14 heteroatoms. The Kier molecular flexibility index (Phi) is 7.82. The topological polar surface area (TPSA) is 137 Å². The maximum absolute atomic E-state index is 13.0. The molecule has 5 rings (SSSR count).